The van der Waals surface area contributed by atoms with Crippen LogP contribution in [0.15, 0.2) is 23.7 Å². The number of allylic oxidation sites excluding steroid dienone is 3. The predicted molar refractivity (Wildman–Crippen MR) is 59.3 cm³/mol. The van der Waals surface area contributed by atoms with Gasteiger partial charge in [0.05, 0.1) is 5.82 Å². The minimum atomic E-state index is 0.499. The SMILES string of the molecule is C/C(N)=C/C=C(\N)N1CCNC(C)C1. The molecule has 0 aromatic heterocycles. The van der Waals surface area contributed by atoms with Crippen LogP contribution in [0.25, 0.3) is 0 Å². The van der Waals surface area contributed by atoms with E-state index in [1.807, 2.05) is 19.1 Å². The molecule has 80 valence electrons. The Kier molecular flexibility index (Phi) is 3.83. The molecular weight excluding hydrogens is 176 g/mol. The molecule has 0 radical (unpaired) electrons. The fourth-order valence-electron chi connectivity index (χ4n) is 1.49. The van der Waals surface area contributed by atoms with E-state index in [1.54, 1.807) is 0 Å². The largest absolute Gasteiger partial charge is 0.402 e. The molecule has 0 aliphatic carbocycles. The number of hydrogen-bond donors (Lipinski definition) is 3. The smallest absolute Gasteiger partial charge is 0.0987 e. The second-order valence-corrected chi connectivity index (χ2v) is 3.80. The molecule has 0 aromatic rings. The molecule has 5 N–H and O–H groups in total. The van der Waals surface area contributed by atoms with E-state index in [-0.39, 0.29) is 0 Å². The van der Waals surface area contributed by atoms with Crippen molar-refractivity contribution < 1.29 is 0 Å². The van der Waals surface area contributed by atoms with Gasteiger partial charge in [-0.2, -0.15) is 0 Å². The highest BCUT2D eigenvalue weighted by Gasteiger charge is 2.15. The van der Waals surface area contributed by atoms with Crippen molar-refractivity contribution in [3.05, 3.63) is 23.7 Å². The van der Waals surface area contributed by atoms with Crippen molar-refractivity contribution >= 4 is 0 Å². The van der Waals surface area contributed by atoms with E-state index >= 15 is 0 Å². The zero-order valence-corrected chi connectivity index (χ0v) is 8.96. The molecule has 1 fully saturated rings. The maximum atomic E-state index is 5.92. The van der Waals surface area contributed by atoms with E-state index in [9.17, 15) is 0 Å². The van der Waals surface area contributed by atoms with Gasteiger partial charge in [0.2, 0.25) is 0 Å². The molecule has 0 bridgehead atoms. The quantitative estimate of drug-likeness (QED) is 0.541. The molecule has 1 atom stereocenters. The lowest BCUT2D eigenvalue weighted by Crippen LogP contribution is -2.49. The first-order valence-corrected chi connectivity index (χ1v) is 4.97. The predicted octanol–water partition coefficient (Wildman–Crippen LogP) is -0.0573. The summed E-state index contributed by atoms with van der Waals surface area (Å²) in [5.41, 5.74) is 12.2. The molecule has 0 amide bonds. The summed E-state index contributed by atoms with van der Waals surface area (Å²) < 4.78 is 0. The van der Waals surface area contributed by atoms with Crippen molar-refractivity contribution in [3.8, 4) is 0 Å². The van der Waals surface area contributed by atoms with Gasteiger partial charge in [-0.05, 0) is 26.0 Å². The standard InChI is InChI=1S/C10H20N4/c1-8(11)3-4-10(12)14-6-5-13-9(2)7-14/h3-4,9,13H,5-7,11-12H2,1-2H3/b8-3-,10-4+. The summed E-state index contributed by atoms with van der Waals surface area (Å²) in [5.74, 6) is 0.795. The van der Waals surface area contributed by atoms with Crippen LogP contribution in [0, 0.1) is 0 Å². The second-order valence-electron chi connectivity index (χ2n) is 3.80. The minimum absolute atomic E-state index is 0.499. The first kappa shape index (κ1) is 10.9. The van der Waals surface area contributed by atoms with E-state index in [4.69, 9.17) is 11.5 Å². The van der Waals surface area contributed by atoms with Crippen LogP contribution in [0.3, 0.4) is 0 Å². The molecule has 0 spiro atoms. The van der Waals surface area contributed by atoms with Crippen molar-refractivity contribution in [3.63, 3.8) is 0 Å². The van der Waals surface area contributed by atoms with Crippen molar-refractivity contribution in [2.24, 2.45) is 11.5 Å². The number of hydrogen-bond acceptors (Lipinski definition) is 4. The minimum Gasteiger partial charge on any atom is -0.402 e. The third-order valence-electron chi connectivity index (χ3n) is 2.25. The monoisotopic (exact) mass is 196 g/mol. The lowest BCUT2D eigenvalue weighted by molar-refractivity contribution is 0.253. The Bertz CT molecular complexity index is 241. The highest BCUT2D eigenvalue weighted by atomic mass is 15.2. The van der Waals surface area contributed by atoms with Crippen LogP contribution in [0.2, 0.25) is 0 Å². The molecule has 1 unspecified atom stereocenters. The highest BCUT2D eigenvalue weighted by molar-refractivity contribution is 5.13. The van der Waals surface area contributed by atoms with Gasteiger partial charge in [0.1, 0.15) is 0 Å². The van der Waals surface area contributed by atoms with E-state index in [1.165, 1.54) is 0 Å². The molecule has 1 aliphatic heterocycles. The molecule has 0 aromatic carbocycles. The number of nitrogens with zero attached hydrogens (tertiary/aromatic N) is 1. The lowest BCUT2D eigenvalue weighted by Gasteiger charge is -2.33. The molecule has 0 saturated carbocycles. The average Bonchev–Trinajstić information content (AvgIpc) is 2.14. The van der Waals surface area contributed by atoms with Crippen LogP contribution < -0.4 is 16.8 Å². The number of rotatable bonds is 2. The summed E-state index contributed by atoms with van der Waals surface area (Å²) in [6.45, 7) is 6.92. The third kappa shape index (κ3) is 3.30. The first-order valence-electron chi connectivity index (χ1n) is 4.97. The van der Waals surface area contributed by atoms with E-state index in [0.29, 0.717) is 6.04 Å². The summed E-state index contributed by atoms with van der Waals surface area (Å²) in [5, 5.41) is 3.37. The molecule has 14 heavy (non-hydrogen) atoms. The summed E-state index contributed by atoms with van der Waals surface area (Å²) in [6.07, 6.45) is 3.70. The Morgan fingerprint density at radius 1 is 1.43 bits per heavy atom. The van der Waals surface area contributed by atoms with Gasteiger partial charge in [0, 0.05) is 31.4 Å². The molecule has 1 aliphatic rings. The van der Waals surface area contributed by atoms with Crippen LogP contribution in [0.5, 0.6) is 0 Å². The zero-order valence-electron chi connectivity index (χ0n) is 8.96. The van der Waals surface area contributed by atoms with Crippen LogP contribution in [0.4, 0.5) is 0 Å². The maximum absolute atomic E-state index is 5.92. The Hall–Kier alpha value is -1.16. The summed E-state index contributed by atoms with van der Waals surface area (Å²) in [4.78, 5) is 2.17. The average molecular weight is 196 g/mol. The molecule has 1 saturated heterocycles. The molecule has 1 heterocycles. The van der Waals surface area contributed by atoms with Gasteiger partial charge >= 0.3 is 0 Å². The normalized spacial score (nSPS) is 25.3. The summed E-state index contributed by atoms with van der Waals surface area (Å²) in [6, 6.07) is 0.499. The topological polar surface area (TPSA) is 67.3 Å². The van der Waals surface area contributed by atoms with Crippen LogP contribution in [-0.4, -0.2) is 30.6 Å². The zero-order chi connectivity index (χ0) is 10.6. The lowest BCUT2D eigenvalue weighted by atomic mass is 10.2. The van der Waals surface area contributed by atoms with Crippen LogP contribution in [0.1, 0.15) is 13.8 Å². The third-order valence-corrected chi connectivity index (χ3v) is 2.25. The van der Waals surface area contributed by atoms with E-state index in [2.05, 4.69) is 17.1 Å². The van der Waals surface area contributed by atoms with E-state index < -0.39 is 0 Å². The van der Waals surface area contributed by atoms with Gasteiger partial charge in [0.25, 0.3) is 0 Å². The Morgan fingerprint density at radius 2 is 2.14 bits per heavy atom. The number of nitrogens with one attached hydrogen (secondary N) is 1. The molecular formula is C10H20N4. The fourth-order valence-corrected chi connectivity index (χ4v) is 1.49. The Balaban J connectivity index is 2.55. The fraction of sp³-hybridized carbons (Fsp3) is 0.600. The van der Waals surface area contributed by atoms with Crippen molar-refractivity contribution in [1.82, 2.24) is 10.2 Å². The maximum Gasteiger partial charge on any atom is 0.0987 e. The molecule has 1 rings (SSSR count). The van der Waals surface area contributed by atoms with Crippen LogP contribution in [-0.2, 0) is 0 Å². The first-order chi connectivity index (χ1) is 6.59. The van der Waals surface area contributed by atoms with Gasteiger partial charge in [-0.3, -0.25) is 0 Å². The number of nitrogens with two attached hydrogens (primary N) is 2. The van der Waals surface area contributed by atoms with Crippen LogP contribution >= 0.6 is 0 Å². The van der Waals surface area contributed by atoms with Gasteiger partial charge in [0.15, 0.2) is 0 Å². The van der Waals surface area contributed by atoms with Crippen molar-refractivity contribution in [1.29, 1.82) is 0 Å². The molecule has 4 nitrogen and oxygen atoms in total. The van der Waals surface area contributed by atoms with Crippen molar-refractivity contribution in [2.45, 2.75) is 19.9 Å². The highest BCUT2D eigenvalue weighted by Crippen LogP contribution is 2.03. The van der Waals surface area contributed by atoms with E-state index in [0.717, 1.165) is 31.2 Å². The van der Waals surface area contributed by atoms with Gasteiger partial charge in [-0.15, -0.1) is 0 Å². The number of piperazine rings is 1. The second kappa shape index (κ2) is 4.91. The summed E-state index contributed by atoms with van der Waals surface area (Å²) in [7, 11) is 0. The Morgan fingerprint density at radius 3 is 2.71 bits per heavy atom. The molecule has 4 heteroatoms. The van der Waals surface area contributed by atoms with Crippen molar-refractivity contribution in [2.75, 3.05) is 19.6 Å². The van der Waals surface area contributed by atoms with Gasteiger partial charge in [-0.25, -0.2) is 0 Å². The van der Waals surface area contributed by atoms with Gasteiger partial charge in [-0.1, -0.05) is 0 Å². The van der Waals surface area contributed by atoms with Gasteiger partial charge < -0.3 is 21.7 Å². The Labute approximate surface area is 85.6 Å². The summed E-state index contributed by atoms with van der Waals surface area (Å²) >= 11 is 0.